The maximum absolute atomic E-state index is 11.9. The molecule has 6 nitrogen and oxygen atoms in total. The van der Waals surface area contributed by atoms with Gasteiger partial charge in [0.1, 0.15) is 11.6 Å². The van der Waals surface area contributed by atoms with E-state index in [2.05, 4.69) is 0 Å². The van der Waals surface area contributed by atoms with E-state index in [0.29, 0.717) is 0 Å². The standard InChI is InChI=1S/C11H19NO5/c1-6-8(13)5-7(9(14)15)12(6)10(16)17-11(2,3)4/h6-8,13H,5H2,1-4H3,(H,14,15)/t6-,7-,8-/m0/s1. The van der Waals surface area contributed by atoms with Crippen molar-refractivity contribution in [2.75, 3.05) is 0 Å². The van der Waals surface area contributed by atoms with Crippen LogP contribution in [0.5, 0.6) is 0 Å². The molecule has 0 aromatic carbocycles. The minimum Gasteiger partial charge on any atom is -0.480 e. The summed E-state index contributed by atoms with van der Waals surface area (Å²) in [7, 11) is 0. The zero-order valence-electron chi connectivity index (χ0n) is 10.5. The molecular weight excluding hydrogens is 226 g/mol. The van der Waals surface area contributed by atoms with E-state index >= 15 is 0 Å². The molecule has 0 unspecified atom stereocenters. The molecule has 1 rings (SSSR count). The average Bonchev–Trinajstić information content (AvgIpc) is 2.40. The maximum Gasteiger partial charge on any atom is 0.411 e. The number of carbonyl (C=O) groups excluding carboxylic acids is 1. The van der Waals surface area contributed by atoms with Crippen molar-refractivity contribution in [1.29, 1.82) is 0 Å². The first-order valence-corrected chi connectivity index (χ1v) is 5.55. The van der Waals surface area contributed by atoms with Gasteiger partial charge < -0.3 is 14.9 Å². The molecule has 17 heavy (non-hydrogen) atoms. The third-order valence-corrected chi connectivity index (χ3v) is 2.69. The number of carboxylic acids is 1. The summed E-state index contributed by atoms with van der Waals surface area (Å²) >= 11 is 0. The Morgan fingerprint density at radius 1 is 1.35 bits per heavy atom. The van der Waals surface area contributed by atoms with Gasteiger partial charge >= 0.3 is 12.1 Å². The van der Waals surface area contributed by atoms with Gasteiger partial charge in [0.15, 0.2) is 0 Å². The van der Waals surface area contributed by atoms with Gasteiger partial charge in [-0.3, -0.25) is 4.90 Å². The quantitative estimate of drug-likeness (QED) is 0.714. The predicted octanol–water partition coefficient (Wildman–Crippen LogP) is 0.830. The first-order valence-electron chi connectivity index (χ1n) is 5.55. The van der Waals surface area contributed by atoms with Gasteiger partial charge in [-0.15, -0.1) is 0 Å². The third-order valence-electron chi connectivity index (χ3n) is 2.69. The fraction of sp³-hybridized carbons (Fsp3) is 0.818. The van der Waals surface area contributed by atoms with Gasteiger partial charge in [-0.2, -0.15) is 0 Å². The molecule has 1 aliphatic heterocycles. The van der Waals surface area contributed by atoms with Crippen LogP contribution in [0.3, 0.4) is 0 Å². The number of likely N-dealkylation sites (tertiary alicyclic amines) is 1. The number of aliphatic hydroxyl groups is 1. The second kappa shape index (κ2) is 4.52. The average molecular weight is 245 g/mol. The first-order chi connectivity index (χ1) is 7.63. The van der Waals surface area contributed by atoms with Crippen LogP contribution in [0.1, 0.15) is 34.1 Å². The van der Waals surface area contributed by atoms with Crippen LogP contribution in [0.25, 0.3) is 0 Å². The van der Waals surface area contributed by atoms with Crippen molar-refractivity contribution in [2.45, 2.75) is 57.9 Å². The Labute approximate surface area is 100 Å². The van der Waals surface area contributed by atoms with Gasteiger partial charge in [0.2, 0.25) is 0 Å². The van der Waals surface area contributed by atoms with E-state index in [1.165, 1.54) is 0 Å². The molecule has 3 atom stereocenters. The van der Waals surface area contributed by atoms with E-state index < -0.39 is 35.9 Å². The highest BCUT2D eigenvalue weighted by molar-refractivity contribution is 5.81. The van der Waals surface area contributed by atoms with E-state index in [0.717, 1.165) is 4.90 Å². The van der Waals surface area contributed by atoms with Gasteiger partial charge in [-0.05, 0) is 27.7 Å². The number of aliphatic hydroxyl groups excluding tert-OH is 1. The molecule has 1 heterocycles. The van der Waals surface area contributed by atoms with Crippen molar-refractivity contribution >= 4 is 12.1 Å². The number of amides is 1. The Bertz CT molecular complexity index is 322. The summed E-state index contributed by atoms with van der Waals surface area (Å²) in [5.74, 6) is -1.13. The van der Waals surface area contributed by atoms with Crippen molar-refractivity contribution in [3.8, 4) is 0 Å². The Hall–Kier alpha value is -1.30. The minimum atomic E-state index is -1.13. The summed E-state index contributed by atoms with van der Waals surface area (Å²) in [6, 6.07) is -1.57. The molecule has 0 aliphatic carbocycles. The van der Waals surface area contributed by atoms with Gasteiger partial charge in [-0.25, -0.2) is 9.59 Å². The summed E-state index contributed by atoms with van der Waals surface area (Å²) < 4.78 is 5.13. The van der Waals surface area contributed by atoms with Crippen molar-refractivity contribution in [1.82, 2.24) is 4.90 Å². The zero-order chi connectivity index (χ0) is 13.4. The number of nitrogens with zero attached hydrogens (tertiary/aromatic N) is 1. The summed E-state index contributed by atoms with van der Waals surface area (Å²) in [6.07, 6.45) is -1.49. The molecule has 0 aromatic rings. The highest BCUT2D eigenvalue weighted by Crippen LogP contribution is 2.26. The van der Waals surface area contributed by atoms with Crippen LogP contribution < -0.4 is 0 Å². The van der Waals surface area contributed by atoms with Crippen LogP contribution in [0.2, 0.25) is 0 Å². The monoisotopic (exact) mass is 245 g/mol. The smallest absolute Gasteiger partial charge is 0.411 e. The largest absolute Gasteiger partial charge is 0.480 e. The number of aliphatic carboxylic acids is 1. The molecule has 0 bridgehead atoms. The van der Waals surface area contributed by atoms with E-state index in [9.17, 15) is 14.7 Å². The minimum absolute atomic E-state index is 0.0374. The Kier molecular flexibility index (Phi) is 3.66. The molecular formula is C11H19NO5. The summed E-state index contributed by atoms with van der Waals surface area (Å²) in [5, 5.41) is 18.6. The van der Waals surface area contributed by atoms with Crippen LogP contribution >= 0.6 is 0 Å². The number of hydrogen-bond acceptors (Lipinski definition) is 4. The van der Waals surface area contributed by atoms with Crippen molar-refractivity contribution in [2.24, 2.45) is 0 Å². The second-order valence-electron chi connectivity index (χ2n) is 5.29. The molecule has 6 heteroatoms. The summed E-state index contributed by atoms with van der Waals surface area (Å²) in [6.45, 7) is 6.73. The SMILES string of the molecule is C[C@H]1[C@@H](O)C[C@@H](C(=O)O)N1C(=O)OC(C)(C)C. The van der Waals surface area contributed by atoms with E-state index in [1.54, 1.807) is 27.7 Å². The lowest BCUT2D eigenvalue weighted by Gasteiger charge is -2.29. The van der Waals surface area contributed by atoms with Crippen LogP contribution in [-0.4, -0.2) is 51.0 Å². The number of carboxylic acid groups (broad SMARTS) is 1. The number of rotatable bonds is 1. The number of hydrogen-bond donors (Lipinski definition) is 2. The zero-order valence-corrected chi connectivity index (χ0v) is 10.5. The highest BCUT2D eigenvalue weighted by atomic mass is 16.6. The van der Waals surface area contributed by atoms with E-state index in [1.807, 2.05) is 0 Å². The van der Waals surface area contributed by atoms with Crippen LogP contribution in [0.15, 0.2) is 0 Å². The van der Waals surface area contributed by atoms with Gasteiger partial charge in [0.05, 0.1) is 12.1 Å². The second-order valence-corrected chi connectivity index (χ2v) is 5.29. The highest BCUT2D eigenvalue weighted by Gasteiger charge is 2.45. The first kappa shape index (κ1) is 13.8. The van der Waals surface area contributed by atoms with Crippen LogP contribution in [-0.2, 0) is 9.53 Å². The van der Waals surface area contributed by atoms with Crippen molar-refractivity contribution < 1.29 is 24.5 Å². The molecule has 0 radical (unpaired) electrons. The van der Waals surface area contributed by atoms with Gasteiger partial charge in [0.25, 0.3) is 0 Å². The Balaban J connectivity index is 2.85. The van der Waals surface area contributed by atoms with Crippen LogP contribution in [0.4, 0.5) is 4.79 Å². The van der Waals surface area contributed by atoms with Crippen molar-refractivity contribution in [3.05, 3.63) is 0 Å². The Morgan fingerprint density at radius 2 is 1.88 bits per heavy atom. The van der Waals surface area contributed by atoms with E-state index in [4.69, 9.17) is 9.84 Å². The number of carbonyl (C=O) groups is 2. The molecule has 0 spiro atoms. The molecule has 1 aliphatic rings. The fourth-order valence-corrected chi connectivity index (χ4v) is 1.84. The fourth-order valence-electron chi connectivity index (χ4n) is 1.84. The molecule has 1 amide bonds. The molecule has 2 N–H and O–H groups in total. The topological polar surface area (TPSA) is 87.1 Å². The molecule has 0 aromatic heterocycles. The lowest BCUT2D eigenvalue weighted by Crippen LogP contribution is -2.47. The van der Waals surface area contributed by atoms with Gasteiger partial charge in [-0.1, -0.05) is 0 Å². The Morgan fingerprint density at radius 3 is 2.29 bits per heavy atom. The lowest BCUT2D eigenvalue weighted by molar-refractivity contribution is -0.142. The van der Waals surface area contributed by atoms with E-state index in [-0.39, 0.29) is 6.42 Å². The summed E-state index contributed by atoms with van der Waals surface area (Å²) in [5.41, 5.74) is -0.687. The predicted molar refractivity (Wildman–Crippen MR) is 59.6 cm³/mol. The molecule has 0 saturated carbocycles. The van der Waals surface area contributed by atoms with Crippen molar-refractivity contribution in [3.63, 3.8) is 0 Å². The molecule has 98 valence electrons. The number of ether oxygens (including phenoxy) is 1. The van der Waals surface area contributed by atoms with Crippen LogP contribution in [0, 0.1) is 0 Å². The normalized spacial score (nSPS) is 29.2. The molecule has 1 fully saturated rings. The lowest BCUT2D eigenvalue weighted by atomic mass is 10.1. The van der Waals surface area contributed by atoms with Gasteiger partial charge in [0, 0.05) is 6.42 Å². The molecule has 1 saturated heterocycles. The third kappa shape index (κ3) is 3.09. The maximum atomic E-state index is 11.9. The summed E-state index contributed by atoms with van der Waals surface area (Å²) in [4.78, 5) is 24.0.